The van der Waals surface area contributed by atoms with Crippen LogP contribution in [0.25, 0.3) is 0 Å². The standard InChI is InChI=1S/C24H35N3O3/c1-24(2,3)10-12-25-21-14-22(29)20(15-28)19(21)13-17-9-11-26-23(27-17)16-30-18-7-5-4-6-8-18/h4-9,11,19-22,25,28-29H,10,12-16H2,1-3H3. The molecule has 1 aliphatic carbocycles. The lowest BCUT2D eigenvalue weighted by atomic mass is 9.88. The lowest BCUT2D eigenvalue weighted by molar-refractivity contribution is 0.0715. The zero-order chi connectivity index (χ0) is 21.6. The number of aliphatic hydroxyl groups is 2. The average molecular weight is 414 g/mol. The number of aromatic nitrogens is 2. The molecule has 6 nitrogen and oxygen atoms in total. The summed E-state index contributed by atoms with van der Waals surface area (Å²) in [6, 6.07) is 11.7. The first-order chi connectivity index (χ1) is 14.4. The summed E-state index contributed by atoms with van der Waals surface area (Å²) in [5.74, 6) is 1.40. The summed E-state index contributed by atoms with van der Waals surface area (Å²) in [5.41, 5.74) is 1.17. The summed E-state index contributed by atoms with van der Waals surface area (Å²) in [7, 11) is 0. The maximum Gasteiger partial charge on any atom is 0.166 e. The van der Waals surface area contributed by atoms with Gasteiger partial charge >= 0.3 is 0 Å². The van der Waals surface area contributed by atoms with Crippen LogP contribution < -0.4 is 10.1 Å². The van der Waals surface area contributed by atoms with Crippen molar-refractivity contribution in [1.29, 1.82) is 0 Å². The van der Waals surface area contributed by atoms with Gasteiger partial charge in [0.05, 0.1) is 6.10 Å². The second-order valence-corrected chi connectivity index (χ2v) is 9.45. The van der Waals surface area contributed by atoms with E-state index in [1.807, 2.05) is 36.4 Å². The van der Waals surface area contributed by atoms with Gasteiger partial charge in [-0.2, -0.15) is 0 Å². The molecular formula is C24H35N3O3. The van der Waals surface area contributed by atoms with Gasteiger partial charge in [-0.3, -0.25) is 0 Å². The lowest BCUT2D eigenvalue weighted by Gasteiger charge is -2.26. The van der Waals surface area contributed by atoms with E-state index in [-0.39, 0.29) is 29.9 Å². The van der Waals surface area contributed by atoms with Crippen LogP contribution in [-0.4, -0.2) is 45.5 Å². The molecule has 1 heterocycles. The highest BCUT2D eigenvalue weighted by atomic mass is 16.5. The summed E-state index contributed by atoms with van der Waals surface area (Å²) < 4.78 is 5.77. The molecule has 4 atom stereocenters. The summed E-state index contributed by atoms with van der Waals surface area (Å²) in [6.07, 6.45) is 3.68. The molecule has 1 saturated carbocycles. The predicted molar refractivity (Wildman–Crippen MR) is 117 cm³/mol. The molecule has 6 heteroatoms. The van der Waals surface area contributed by atoms with Gasteiger partial charge in [0, 0.05) is 30.5 Å². The predicted octanol–water partition coefficient (Wildman–Crippen LogP) is 2.98. The van der Waals surface area contributed by atoms with E-state index in [1.165, 1.54) is 0 Å². The van der Waals surface area contributed by atoms with Crippen LogP contribution in [0.15, 0.2) is 42.6 Å². The molecule has 0 spiro atoms. The number of nitrogens with one attached hydrogen (secondary N) is 1. The second-order valence-electron chi connectivity index (χ2n) is 9.45. The normalized spacial score (nSPS) is 24.2. The van der Waals surface area contributed by atoms with Gasteiger partial charge in [0.15, 0.2) is 5.82 Å². The number of hydrogen-bond donors (Lipinski definition) is 3. The molecule has 0 amide bonds. The van der Waals surface area contributed by atoms with Crippen molar-refractivity contribution in [2.75, 3.05) is 13.2 Å². The van der Waals surface area contributed by atoms with E-state index in [1.54, 1.807) is 6.20 Å². The number of para-hydroxylation sites is 1. The first-order valence-electron chi connectivity index (χ1n) is 10.9. The number of rotatable bonds is 9. The van der Waals surface area contributed by atoms with Gasteiger partial charge in [-0.05, 0) is 55.3 Å². The number of nitrogens with zero attached hydrogens (tertiary/aromatic N) is 2. The van der Waals surface area contributed by atoms with Gasteiger partial charge in [0.1, 0.15) is 12.4 Å². The van der Waals surface area contributed by atoms with Gasteiger partial charge in [-0.25, -0.2) is 9.97 Å². The van der Waals surface area contributed by atoms with Crippen LogP contribution in [0.3, 0.4) is 0 Å². The average Bonchev–Trinajstić information content (AvgIpc) is 3.00. The van der Waals surface area contributed by atoms with E-state index in [2.05, 4.69) is 36.1 Å². The third-order valence-corrected chi connectivity index (χ3v) is 5.87. The van der Waals surface area contributed by atoms with Crippen molar-refractivity contribution in [2.45, 2.75) is 58.8 Å². The van der Waals surface area contributed by atoms with Gasteiger partial charge in [-0.1, -0.05) is 39.0 Å². The van der Waals surface area contributed by atoms with Gasteiger partial charge < -0.3 is 20.3 Å². The van der Waals surface area contributed by atoms with Crippen LogP contribution in [0, 0.1) is 17.3 Å². The molecule has 0 radical (unpaired) electrons. The summed E-state index contributed by atoms with van der Waals surface area (Å²) in [6.45, 7) is 7.88. The Morgan fingerprint density at radius 3 is 2.60 bits per heavy atom. The molecule has 30 heavy (non-hydrogen) atoms. The van der Waals surface area contributed by atoms with E-state index in [0.717, 1.165) is 24.4 Å². The van der Waals surface area contributed by atoms with Crippen LogP contribution in [0.2, 0.25) is 0 Å². The van der Waals surface area contributed by atoms with Crippen molar-refractivity contribution in [3.63, 3.8) is 0 Å². The molecule has 3 N–H and O–H groups in total. The smallest absolute Gasteiger partial charge is 0.166 e. The monoisotopic (exact) mass is 413 g/mol. The first kappa shape index (κ1) is 22.7. The number of ether oxygens (including phenoxy) is 1. The minimum Gasteiger partial charge on any atom is -0.486 e. The summed E-state index contributed by atoms with van der Waals surface area (Å²) in [4.78, 5) is 9.00. The van der Waals surface area contributed by atoms with Crippen LogP contribution in [0.4, 0.5) is 0 Å². The van der Waals surface area contributed by atoms with E-state index < -0.39 is 6.10 Å². The Bertz CT molecular complexity index is 779. The van der Waals surface area contributed by atoms with Gasteiger partial charge in [0.25, 0.3) is 0 Å². The fraction of sp³-hybridized carbons (Fsp3) is 0.583. The molecule has 1 aromatic heterocycles. The molecule has 0 saturated heterocycles. The summed E-state index contributed by atoms with van der Waals surface area (Å²) in [5, 5.41) is 24.0. The van der Waals surface area contributed by atoms with Crippen molar-refractivity contribution in [1.82, 2.24) is 15.3 Å². The Morgan fingerprint density at radius 1 is 1.13 bits per heavy atom. The lowest BCUT2D eigenvalue weighted by Crippen LogP contribution is -2.38. The van der Waals surface area contributed by atoms with Crippen LogP contribution in [0.1, 0.15) is 45.1 Å². The minimum atomic E-state index is -0.491. The topological polar surface area (TPSA) is 87.5 Å². The van der Waals surface area contributed by atoms with E-state index >= 15 is 0 Å². The van der Waals surface area contributed by atoms with Crippen LogP contribution in [-0.2, 0) is 13.0 Å². The number of aliphatic hydroxyl groups excluding tert-OH is 2. The van der Waals surface area contributed by atoms with Crippen LogP contribution >= 0.6 is 0 Å². The Morgan fingerprint density at radius 2 is 1.90 bits per heavy atom. The number of benzene rings is 1. The highest BCUT2D eigenvalue weighted by molar-refractivity contribution is 5.21. The third kappa shape index (κ3) is 6.49. The Hall–Kier alpha value is -2.02. The molecule has 1 aromatic carbocycles. The molecule has 0 bridgehead atoms. The van der Waals surface area contributed by atoms with Crippen LogP contribution in [0.5, 0.6) is 5.75 Å². The van der Waals surface area contributed by atoms with Gasteiger partial charge in [0.2, 0.25) is 0 Å². The zero-order valence-corrected chi connectivity index (χ0v) is 18.3. The van der Waals surface area contributed by atoms with Crippen molar-refractivity contribution in [2.24, 2.45) is 17.3 Å². The molecule has 0 aliphatic heterocycles. The largest absolute Gasteiger partial charge is 0.486 e. The molecule has 3 rings (SSSR count). The zero-order valence-electron chi connectivity index (χ0n) is 18.3. The molecular weight excluding hydrogens is 378 g/mol. The highest BCUT2D eigenvalue weighted by Crippen LogP contribution is 2.35. The van der Waals surface area contributed by atoms with E-state index in [9.17, 15) is 10.2 Å². The van der Waals surface area contributed by atoms with Crippen molar-refractivity contribution < 1.29 is 14.9 Å². The molecule has 1 aliphatic rings. The SMILES string of the molecule is CC(C)(C)CCNC1CC(O)C(CO)C1Cc1ccnc(COc2ccccc2)n1. The van der Waals surface area contributed by atoms with Crippen molar-refractivity contribution in [3.8, 4) is 5.75 Å². The maximum absolute atomic E-state index is 10.5. The fourth-order valence-corrected chi connectivity index (χ4v) is 4.14. The molecule has 2 aromatic rings. The number of hydrogen-bond acceptors (Lipinski definition) is 6. The minimum absolute atomic E-state index is 0.0155. The highest BCUT2D eigenvalue weighted by Gasteiger charge is 2.42. The summed E-state index contributed by atoms with van der Waals surface area (Å²) >= 11 is 0. The van der Waals surface area contributed by atoms with E-state index in [0.29, 0.717) is 25.3 Å². The molecule has 4 unspecified atom stereocenters. The Kier molecular flexibility index (Phi) is 7.81. The van der Waals surface area contributed by atoms with Crippen molar-refractivity contribution in [3.05, 3.63) is 54.1 Å². The van der Waals surface area contributed by atoms with Gasteiger partial charge in [-0.15, -0.1) is 0 Å². The first-order valence-corrected chi connectivity index (χ1v) is 10.9. The fourth-order valence-electron chi connectivity index (χ4n) is 4.14. The quantitative estimate of drug-likeness (QED) is 0.586. The third-order valence-electron chi connectivity index (χ3n) is 5.87. The van der Waals surface area contributed by atoms with Crippen molar-refractivity contribution >= 4 is 0 Å². The molecule has 164 valence electrons. The Balaban J connectivity index is 1.64. The molecule has 1 fully saturated rings. The maximum atomic E-state index is 10.5. The second kappa shape index (κ2) is 10.3. The Labute approximate surface area is 179 Å². The van der Waals surface area contributed by atoms with E-state index in [4.69, 9.17) is 4.74 Å².